The van der Waals surface area contributed by atoms with Crippen LogP contribution in [0.15, 0.2) is 53.7 Å². The van der Waals surface area contributed by atoms with Crippen LogP contribution < -0.4 is 4.73 Å². The predicted molar refractivity (Wildman–Crippen MR) is 88.6 cm³/mol. The molecule has 1 heterocycles. The molecule has 0 aliphatic carbocycles. The number of hydrogen-bond acceptors (Lipinski definition) is 5. The van der Waals surface area contributed by atoms with Crippen LogP contribution in [0.25, 0.3) is 0 Å². The summed E-state index contributed by atoms with van der Waals surface area (Å²) >= 11 is 1.26. The van der Waals surface area contributed by atoms with E-state index in [0.29, 0.717) is 16.3 Å². The van der Waals surface area contributed by atoms with Gasteiger partial charge in [-0.3, -0.25) is 0 Å². The Morgan fingerprint density at radius 1 is 1.13 bits per heavy atom. The molecule has 2 aromatic rings. The molecule has 0 aliphatic rings. The minimum absolute atomic E-state index is 0.0442. The van der Waals surface area contributed by atoms with Crippen molar-refractivity contribution >= 4 is 11.8 Å². The number of rotatable bonds is 7. The largest absolute Gasteiger partial charge is 0.618 e. The number of aliphatic hydroxyl groups excluding tert-OH is 3. The maximum absolute atomic E-state index is 11.6. The molecule has 0 aliphatic heterocycles. The molecular weight excluding hydrogens is 314 g/mol. The summed E-state index contributed by atoms with van der Waals surface area (Å²) in [6.45, 7) is 1.73. The Bertz CT molecular complexity index is 620. The molecule has 124 valence electrons. The molecule has 0 spiro atoms. The number of nitrogens with zero attached hydrogens (tertiary/aromatic N) is 1. The normalized spacial score (nSPS) is 15.1. The topological polar surface area (TPSA) is 87.6 Å². The maximum atomic E-state index is 11.6. The Morgan fingerprint density at radius 3 is 2.43 bits per heavy atom. The number of pyridine rings is 1. The van der Waals surface area contributed by atoms with E-state index in [9.17, 15) is 15.4 Å². The minimum Gasteiger partial charge on any atom is -0.618 e. The lowest BCUT2D eigenvalue weighted by atomic mass is 9.93. The average Bonchev–Trinajstić information content (AvgIpc) is 2.59. The van der Waals surface area contributed by atoms with Gasteiger partial charge in [0.25, 0.3) is 5.03 Å². The van der Waals surface area contributed by atoms with Crippen LogP contribution >= 0.6 is 11.8 Å². The summed E-state index contributed by atoms with van der Waals surface area (Å²) in [7, 11) is 0. The van der Waals surface area contributed by atoms with Crippen molar-refractivity contribution in [3.63, 3.8) is 0 Å². The molecule has 5 nitrogen and oxygen atoms in total. The van der Waals surface area contributed by atoms with Crippen LogP contribution in [0.2, 0.25) is 0 Å². The second-order valence-electron chi connectivity index (χ2n) is 5.45. The second-order valence-corrected chi connectivity index (χ2v) is 6.49. The van der Waals surface area contributed by atoms with Gasteiger partial charge < -0.3 is 20.5 Å². The Labute approximate surface area is 139 Å². The number of aromatic nitrogens is 1. The van der Waals surface area contributed by atoms with Crippen LogP contribution in [0.5, 0.6) is 0 Å². The quantitative estimate of drug-likeness (QED) is 0.407. The molecule has 0 saturated carbocycles. The summed E-state index contributed by atoms with van der Waals surface area (Å²) in [5, 5.41) is 41.8. The van der Waals surface area contributed by atoms with Crippen LogP contribution in [0.3, 0.4) is 0 Å². The number of hydrogen-bond donors (Lipinski definition) is 3. The summed E-state index contributed by atoms with van der Waals surface area (Å²) in [6, 6.07) is 12.1. The zero-order valence-electron chi connectivity index (χ0n) is 12.9. The molecule has 0 bridgehead atoms. The third-order valence-corrected chi connectivity index (χ3v) is 4.92. The van der Waals surface area contributed by atoms with Crippen molar-refractivity contribution in [3.8, 4) is 0 Å². The standard InChI is InChI=1S/C17H21NO4S/c1-12(17(21)14-7-5-13(10-19)6-8-14)15(20)11-23-16-4-2-3-9-18(16)22/h2-9,12,15,17,19-21H,10-11H2,1H3. The number of benzene rings is 1. The Kier molecular flexibility index (Phi) is 6.41. The van der Waals surface area contributed by atoms with Crippen molar-refractivity contribution in [1.82, 2.24) is 0 Å². The smallest absolute Gasteiger partial charge is 0.251 e. The van der Waals surface area contributed by atoms with E-state index in [1.54, 1.807) is 49.4 Å². The van der Waals surface area contributed by atoms with Crippen molar-refractivity contribution in [1.29, 1.82) is 0 Å². The molecule has 6 heteroatoms. The summed E-state index contributed by atoms with van der Waals surface area (Å²) in [4.78, 5) is 0. The fourth-order valence-electron chi connectivity index (χ4n) is 2.18. The van der Waals surface area contributed by atoms with E-state index < -0.39 is 12.2 Å². The van der Waals surface area contributed by atoms with Gasteiger partial charge in [-0.2, -0.15) is 4.73 Å². The molecule has 3 atom stereocenters. The van der Waals surface area contributed by atoms with E-state index in [-0.39, 0.29) is 12.5 Å². The average molecular weight is 335 g/mol. The molecular formula is C17H21NO4S. The van der Waals surface area contributed by atoms with Crippen molar-refractivity contribution < 1.29 is 20.0 Å². The highest BCUT2D eigenvalue weighted by atomic mass is 32.2. The molecule has 23 heavy (non-hydrogen) atoms. The van der Waals surface area contributed by atoms with Gasteiger partial charge in [0.15, 0.2) is 6.20 Å². The Balaban J connectivity index is 1.95. The van der Waals surface area contributed by atoms with E-state index in [0.717, 1.165) is 10.3 Å². The molecule has 0 amide bonds. The fourth-order valence-corrected chi connectivity index (χ4v) is 3.19. The van der Waals surface area contributed by atoms with Crippen LogP contribution in [0.4, 0.5) is 0 Å². The Morgan fingerprint density at radius 2 is 1.83 bits per heavy atom. The monoisotopic (exact) mass is 335 g/mol. The first-order valence-electron chi connectivity index (χ1n) is 7.39. The van der Waals surface area contributed by atoms with Gasteiger partial charge in [0.2, 0.25) is 0 Å². The van der Waals surface area contributed by atoms with E-state index >= 15 is 0 Å². The van der Waals surface area contributed by atoms with E-state index in [2.05, 4.69) is 0 Å². The first-order chi connectivity index (χ1) is 11.0. The first kappa shape index (κ1) is 17.7. The third kappa shape index (κ3) is 4.68. The van der Waals surface area contributed by atoms with Crippen LogP contribution in [0.1, 0.15) is 24.2 Å². The molecule has 2 rings (SSSR count). The van der Waals surface area contributed by atoms with Gasteiger partial charge >= 0.3 is 0 Å². The van der Waals surface area contributed by atoms with Crippen LogP contribution in [-0.2, 0) is 6.61 Å². The molecule has 3 N–H and O–H groups in total. The number of aliphatic hydroxyl groups is 3. The lowest BCUT2D eigenvalue weighted by Gasteiger charge is -2.24. The molecule has 0 saturated heterocycles. The van der Waals surface area contributed by atoms with Crippen molar-refractivity contribution in [2.75, 3.05) is 5.75 Å². The summed E-state index contributed by atoms with van der Waals surface area (Å²) in [5.41, 5.74) is 1.46. The summed E-state index contributed by atoms with van der Waals surface area (Å²) < 4.78 is 0.756. The minimum atomic E-state index is -0.812. The summed E-state index contributed by atoms with van der Waals surface area (Å²) in [5.74, 6) is -0.0644. The predicted octanol–water partition coefficient (Wildman–Crippen LogP) is 1.64. The van der Waals surface area contributed by atoms with Gasteiger partial charge in [-0.05, 0) is 17.2 Å². The van der Waals surface area contributed by atoms with Crippen molar-refractivity contribution in [2.45, 2.75) is 30.8 Å². The molecule has 0 fully saturated rings. The SMILES string of the molecule is CC(C(O)CSc1cccc[n+]1[O-])C(O)c1ccc(CO)cc1. The van der Waals surface area contributed by atoms with Gasteiger partial charge in [0, 0.05) is 23.8 Å². The van der Waals surface area contributed by atoms with Gasteiger partial charge in [-0.25, -0.2) is 0 Å². The van der Waals surface area contributed by atoms with Crippen molar-refractivity contribution in [2.24, 2.45) is 5.92 Å². The Hall–Kier alpha value is -1.60. The highest BCUT2D eigenvalue weighted by molar-refractivity contribution is 7.99. The second kappa shape index (κ2) is 8.31. The third-order valence-electron chi connectivity index (χ3n) is 3.80. The highest BCUT2D eigenvalue weighted by Gasteiger charge is 2.24. The van der Waals surface area contributed by atoms with E-state index in [4.69, 9.17) is 5.11 Å². The summed E-state index contributed by atoms with van der Waals surface area (Å²) in [6.07, 6.45) is -0.156. The lowest BCUT2D eigenvalue weighted by molar-refractivity contribution is -0.645. The zero-order chi connectivity index (χ0) is 16.8. The number of thioether (sulfide) groups is 1. The first-order valence-corrected chi connectivity index (χ1v) is 8.38. The van der Waals surface area contributed by atoms with Crippen molar-refractivity contribution in [3.05, 3.63) is 65.0 Å². The fraction of sp³-hybridized carbons (Fsp3) is 0.353. The van der Waals surface area contributed by atoms with E-state index in [1.165, 1.54) is 18.0 Å². The highest BCUT2D eigenvalue weighted by Crippen LogP contribution is 2.27. The maximum Gasteiger partial charge on any atom is 0.251 e. The lowest BCUT2D eigenvalue weighted by Crippen LogP contribution is -2.30. The molecule has 0 radical (unpaired) electrons. The van der Waals surface area contributed by atoms with Gasteiger partial charge in [-0.1, -0.05) is 43.0 Å². The van der Waals surface area contributed by atoms with Crippen LogP contribution in [-0.4, -0.2) is 27.2 Å². The molecule has 1 aromatic carbocycles. The van der Waals surface area contributed by atoms with Gasteiger partial charge in [-0.15, -0.1) is 0 Å². The van der Waals surface area contributed by atoms with Gasteiger partial charge in [0.05, 0.1) is 18.8 Å². The van der Waals surface area contributed by atoms with E-state index in [1.807, 2.05) is 0 Å². The molecule has 3 unspecified atom stereocenters. The zero-order valence-corrected chi connectivity index (χ0v) is 13.7. The van der Waals surface area contributed by atoms with Gasteiger partial charge in [0.1, 0.15) is 0 Å². The van der Waals surface area contributed by atoms with Crippen LogP contribution in [0, 0.1) is 11.1 Å². The molecule has 1 aromatic heterocycles.